The molecule has 0 saturated carbocycles. The zero-order valence-electron chi connectivity index (χ0n) is 11.7. The van der Waals surface area contributed by atoms with E-state index in [1.807, 2.05) is 4.90 Å². The lowest BCUT2D eigenvalue weighted by Crippen LogP contribution is -2.53. The molecule has 1 aromatic carbocycles. The molecule has 2 saturated heterocycles. The number of amides is 1. The number of rotatable bonds is 3. The Bertz CT molecular complexity index is 540. The van der Waals surface area contributed by atoms with Crippen LogP contribution >= 0.6 is 11.6 Å². The van der Waals surface area contributed by atoms with Gasteiger partial charge >= 0.3 is 0 Å². The van der Waals surface area contributed by atoms with Crippen molar-refractivity contribution < 1.29 is 9.18 Å². The molecule has 0 radical (unpaired) electrons. The standard InChI is InChI=1S/C15H19ClFN3O/c16-12-8-10(3-4-13(12)17)19-11-5-6-18-14(9-11)20-7-1-2-15(20)21/h3-4,8,11,14,18-19H,1-2,5-7,9H2. The molecule has 2 unspecified atom stereocenters. The van der Waals surface area contributed by atoms with Gasteiger partial charge < -0.3 is 10.2 Å². The van der Waals surface area contributed by atoms with Crippen molar-refractivity contribution in [2.75, 3.05) is 18.4 Å². The van der Waals surface area contributed by atoms with Gasteiger partial charge in [0, 0.05) is 31.1 Å². The number of nitrogens with zero attached hydrogens (tertiary/aromatic N) is 1. The first-order chi connectivity index (χ1) is 10.1. The van der Waals surface area contributed by atoms with Crippen LogP contribution in [0.25, 0.3) is 0 Å². The number of likely N-dealkylation sites (tertiary alicyclic amines) is 1. The van der Waals surface area contributed by atoms with Crippen molar-refractivity contribution in [3.63, 3.8) is 0 Å². The predicted octanol–water partition coefficient (Wildman–Crippen LogP) is 2.59. The molecule has 2 aliphatic heterocycles. The highest BCUT2D eigenvalue weighted by molar-refractivity contribution is 6.31. The number of piperidine rings is 1. The summed E-state index contributed by atoms with van der Waals surface area (Å²) in [6, 6.07) is 4.92. The van der Waals surface area contributed by atoms with E-state index in [9.17, 15) is 9.18 Å². The normalized spacial score (nSPS) is 26.2. The highest BCUT2D eigenvalue weighted by Gasteiger charge is 2.31. The van der Waals surface area contributed by atoms with Crippen molar-refractivity contribution in [3.8, 4) is 0 Å². The highest BCUT2D eigenvalue weighted by Crippen LogP contribution is 2.24. The van der Waals surface area contributed by atoms with Crippen LogP contribution in [0.1, 0.15) is 25.7 Å². The fourth-order valence-corrected chi connectivity index (χ4v) is 3.26. The quantitative estimate of drug-likeness (QED) is 0.902. The van der Waals surface area contributed by atoms with Gasteiger partial charge in [-0.3, -0.25) is 10.1 Å². The van der Waals surface area contributed by atoms with Crippen LogP contribution < -0.4 is 10.6 Å². The van der Waals surface area contributed by atoms with Crippen molar-refractivity contribution >= 4 is 23.2 Å². The minimum absolute atomic E-state index is 0.0992. The minimum Gasteiger partial charge on any atom is -0.382 e. The molecule has 4 nitrogen and oxygen atoms in total. The minimum atomic E-state index is -0.409. The summed E-state index contributed by atoms with van der Waals surface area (Å²) in [5, 5.41) is 6.92. The molecule has 114 valence electrons. The molecule has 2 aliphatic rings. The van der Waals surface area contributed by atoms with Gasteiger partial charge in [0.25, 0.3) is 0 Å². The van der Waals surface area contributed by atoms with Gasteiger partial charge in [0.05, 0.1) is 11.2 Å². The van der Waals surface area contributed by atoms with E-state index in [1.165, 1.54) is 6.07 Å². The Labute approximate surface area is 128 Å². The zero-order valence-corrected chi connectivity index (χ0v) is 12.5. The lowest BCUT2D eigenvalue weighted by Gasteiger charge is -2.36. The van der Waals surface area contributed by atoms with E-state index in [0.717, 1.165) is 38.0 Å². The van der Waals surface area contributed by atoms with Gasteiger partial charge in [0.15, 0.2) is 0 Å². The molecule has 2 atom stereocenters. The third-order valence-electron chi connectivity index (χ3n) is 4.16. The number of halogens is 2. The zero-order chi connectivity index (χ0) is 14.8. The number of benzene rings is 1. The van der Waals surface area contributed by atoms with E-state index >= 15 is 0 Å². The third kappa shape index (κ3) is 3.30. The number of carbonyl (C=O) groups excluding carboxylic acids is 1. The van der Waals surface area contributed by atoms with E-state index in [0.29, 0.717) is 6.42 Å². The predicted molar refractivity (Wildman–Crippen MR) is 80.8 cm³/mol. The average Bonchev–Trinajstić information content (AvgIpc) is 2.89. The van der Waals surface area contributed by atoms with Gasteiger partial charge in [-0.1, -0.05) is 11.6 Å². The summed E-state index contributed by atoms with van der Waals surface area (Å²) in [5.41, 5.74) is 0.819. The first-order valence-electron chi connectivity index (χ1n) is 7.38. The molecular weight excluding hydrogens is 293 g/mol. The number of hydrogen-bond donors (Lipinski definition) is 2. The lowest BCUT2D eigenvalue weighted by atomic mass is 10.0. The summed E-state index contributed by atoms with van der Waals surface area (Å²) in [5.74, 6) is -0.175. The second-order valence-corrected chi connectivity index (χ2v) is 6.06. The van der Waals surface area contributed by atoms with Crippen LogP contribution in [0, 0.1) is 5.82 Å². The van der Waals surface area contributed by atoms with Gasteiger partial charge in [-0.25, -0.2) is 4.39 Å². The number of anilines is 1. The van der Waals surface area contributed by atoms with Crippen molar-refractivity contribution in [2.45, 2.75) is 37.9 Å². The van der Waals surface area contributed by atoms with E-state index in [2.05, 4.69) is 10.6 Å². The second kappa shape index (κ2) is 6.20. The average molecular weight is 312 g/mol. The second-order valence-electron chi connectivity index (χ2n) is 5.66. The number of nitrogens with one attached hydrogen (secondary N) is 2. The third-order valence-corrected chi connectivity index (χ3v) is 4.45. The molecule has 21 heavy (non-hydrogen) atoms. The molecule has 1 aromatic rings. The number of carbonyl (C=O) groups is 1. The van der Waals surface area contributed by atoms with Gasteiger partial charge in [-0.15, -0.1) is 0 Å². The van der Waals surface area contributed by atoms with Gasteiger partial charge in [-0.05, 0) is 37.6 Å². The van der Waals surface area contributed by atoms with Gasteiger partial charge in [-0.2, -0.15) is 0 Å². The van der Waals surface area contributed by atoms with Gasteiger partial charge in [0.1, 0.15) is 5.82 Å². The molecule has 0 aliphatic carbocycles. The first-order valence-corrected chi connectivity index (χ1v) is 7.76. The van der Waals surface area contributed by atoms with Crippen LogP contribution in [0.15, 0.2) is 18.2 Å². The van der Waals surface area contributed by atoms with E-state index in [4.69, 9.17) is 11.6 Å². The fraction of sp³-hybridized carbons (Fsp3) is 0.533. The molecule has 6 heteroatoms. The SMILES string of the molecule is O=C1CCCN1C1CC(Nc2ccc(F)c(Cl)c2)CCN1. The summed E-state index contributed by atoms with van der Waals surface area (Å²) in [4.78, 5) is 13.8. The molecule has 0 aromatic heterocycles. The van der Waals surface area contributed by atoms with Crippen LogP contribution in [0.5, 0.6) is 0 Å². The van der Waals surface area contributed by atoms with Crippen LogP contribution in [-0.4, -0.2) is 36.1 Å². The fourth-order valence-electron chi connectivity index (χ4n) is 3.08. The van der Waals surface area contributed by atoms with Crippen LogP contribution in [0.3, 0.4) is 0 Å². The molecule has 2 fully saturated rings. The van der Waals surface area contributed by atoms with Crippen LogP contribution in [0.4, 0.5) is 10.1 Å². The Morgan fingerprint density at radius 1 is 1.43 bits per heavy atom. The highest BCUT2D eigenvalue weighted by atomic mass is 35.5. The van der Waals surface area contributed by atoms with Crippen molar-refractivity contribution in [2.24, 2.45) is 0 Å². The van der Waals surface area contributed by atoms with Crippen LogP contribution in [-0.2, 0) is 4.79 Å². The maximum absolute atomic E-state index is 13.2. The molecule has 3 rings (SSSR count). The molecule has 0 spiro atoms. The van der Waals surface area contributed by atoms with Crippen molar-refractivity contribution in [1.82, 2.24) is 10.2 Å². The van der Waals surface area contributed by atoms with Gasteiger partial charge in [0.2, 0.25) is 5.91 Å². The Balaban J connectivity index is 1.63. The Morgan fingerprint density at radius 3 is 3.00 bits per heavy atom. The summed E-state index contributed by atoms with van der Waals surface area (Å²) >= 11 is 5.80. The molecule has 1 amide bonds. The van der Waals surface area contributed by atoms with E-state index in [-0.39, 0.29) is 23.1 Å². The van der Waals surface area contributed by atoms with Crippen molar-refractivity contribution in [3.05, 3.63) is 29.0 Å². The summed E-state index contributed by atoms with van der Waals surface area (Å²) in [6.45, 7) is 1.70. The largest absolute Gasteiger partial charge is 0.382 e. The topological polar surface area (TPSA) is 44.4 Å². The Morgan fingerprint density at radius 2 is 2.29 bits per heavy atom. The Kier molecular flexibility index (Phi) is 4.31. The Hall–Kier alpha value is -1.33. The molecule has 0 bridgehead atoms. The maximum atomic E-state index is 13.2. The smallest absolute Gasteiger partial charge is 0.223 e. The molecule has 2 N–H and O–H groups in total. The monoisotopic (exact) mass is 311 g/mol. The summed E-state index contributed by atoms with van der Waals surface area (Å²) < 4.78 is 13.2. The van der Waals surface area contributed by atoms with Crippen LogP contribution in [0.2, 0.25) is 5.02 Å². The van der Waals surface area contributed by atoms with Crippen molar-refractivity contribution in [1.29, 1.82) is 0 Å². The molecule has 2 heterocycles. The van der Waals surface area contributed by atoms with E-state index < -0.39 is 5.82 Å². The maximum Gasteiger partial charge on any atom is 0.223 e. The number of hydrogen-bond acceptors (Lipinski definition) is 3. The van der Waals surface area contributed by atoms with E-state index in [1.54, 1.807) is 12.1 Å². The molecular formula is C15H19ClFN3O. The first kappa shape index (κ1) is 14.6. The lowest BCUT2D eigenvalue weighted by molar-refractivity contribution is -0.130. The summed E-state index contributed by atoms with van der Waals surface area (Å²) in [6.07, 6.45) is 3.52. The summed E-state index contributed by atoms with van der Waals surface area (Å²) in [7, 11) is 0.